The number of hydrogen-bond acceptors (Lipinski definition) is 4. The summed E-state index contributed by atoms with van der Waals surface area (Å²) in [4.78, 5) is 37.4. The SMILES string of the molecule is Cc1cccc(C(=O)N[C@H](C(=O)OC(C)C(=O)c2ccccc2)C(C)C)c1. The number of esters is 1. The fraction of sp³-hybridized carbons (Fsp3) is 0.318. The van der Waals surface area contributed by atoms with Crippen molar-refractivity contribution in [3.8, 4) is 0 Å². The molecular formula is C22H25NO4. The molecule has 0 heterocycles. The van der Waals surface area contributed by atoms with Gasteiger partial charge < -0.3 is 10.1 Å². The molecule has 0 fully saturated rings. The van der Waals surface area contributed by atoms with Gasteiger partial charge in [0.05, 0.1) is 0 Å². The van der Waals surface area contributed by atoms with Crippen LogP contribution in [0.3, 0.4) is 0 Å². The van der Waals surface area contributed by atoms with Crippen LogP contribution in [0.1, 0.15) is 47.1 Å². The van der Waals surface area contributed by atoms with E-state index in [2.05, 4.69) is 5.32 Å². The molecule has 2 rings (SSSR count). The highest BCUT2D eigenvalue weighted by atomic mass is 16.5. The maximum Gasteiger partial charge on any atom is 0.329 e. The van der Waals surface area contributed by atoms with Crippen LogP contribution in [0.25, 0.3) is 0 Å². The van der Waals surface area contributed by atoms with Gasteiger partial charge in [0.25, 0.3) is 5.91 Å². The van der Waals surface area contributed by atoms with Crippen LogP contribution in [0, 0.1) is 12.8 Å². The third-order valence-corrected chi connectivity index (χ3v) is 4.21. The second kappa shape index (κ2) is 9.12. The van der Waals surface area contributed by atoms with E-state index in [0.717, 1.165) is 5.56 Å². The van der Waals surface area contributed by atoms with Gasteiger partial charge in [-0.2, -0.15) is 0 Å². The molecule has 5 heteroatoms. The van der Waals surface area contributed by atoms with E-state index in [1.165, 1.54) is 6.92 Å². The van der Waals surface area contributed by atoms with Gasteiger partial charge in [0.2, 0.25) is 5.78 Å². The Balaban J connectivity index is 2.06. The first-order chi connectivity index (χ1) is 12.8. The van der Waals surface area contributed by atoms with Crippen molar-refractivity contribution in [2.75, 3.05) is 0 Å². The maximum atomic E-state index is 12.6. The summed E-state index contributed by atoms with van der Waals surface area (Å²) in [5.74, 6) is -1.44. The van der Waals surface area contributed by atoms with Gasteiger partial charge in [-0.25, -0.2) is 4.79 Å². The molecule has 0 saturated heterocycles. The van der Waals surface area contributed by atoms with Crippen LogP contribution in [0.2, 0.25) is 0 Å². The van der Waals surface area contributed by atoms with Gasteiger partial charge in [-0.3, -0.25) is 9.59 Å². The molecule has 1 N–H and O–H groups in total. The van der Waals surface area contributed by atoms with E-state index >= 15 is 0 Å². The smallest absolute Gasteiger partial charge is 0.329 e. The van der Waals surface area contributed by atoms with Crippen LogP contribution in [0.4, 0.5) is 0 Å². The molecule has 0 spiro atoms. The molecule has 27 heavy (non-hydrogen) atoms. The summed E-state index contributed by atoms with van der Waals surface area (Å²) in [6, 6.07) is 14.9. The predicted molar refractivity (Wildman–Crippen MR) is 104 cm³/mol. The average Bonchev–Trinajstić information content (AvgIpc) is 2.65. The van der Waals surface area contributed by atoms with E-state index < -0.39 is 18.1 Å². The Hall–Kier alpha value is -2.95. The number of benzene rings is 2. The Bertz CT molecular complexity index is 814. The Kier molecular flexibility index (Phi) is 6.88. The molecule has 0 aliphatic heterocycles. The first kappa shape index (κ1) is 20.4. The first-order valence-corrected chi connectivity index (χ1v) is 8.97. The molecule has 1 amide bonds. The molecule has 0 aromatic heterocycles. The van der Waals surface area contributed by atoms with Crippen LogP contribution in [0.15, 0.2) is 54.6 Å². The highest BCUT2D eigenvalue weighted by Gasteiger charge is 2.29. The van der Waals surface area contributed by atoms with Crippen LogP contribution in [-0.2, 0) is 9.53 Å². The molecule has 0 aliphatic rings. The normalized spacial score (nSPS) is 12.9. The average molecular weight is 367 g/mol. The minimum atomic E-state index is -0.933. The van der Waals surface area contributed by atoms with Gasteiger partial charge in [0.15, 0.2) is 6.10 Å². The summed E-state index contributed by atoms with van der Waals surface area (Å²) < 4.78 is 5.35. The summed E-state index contributed by atoms with van der Waals surface area (Å²) in [6.07, 6.45) is -0.933. The number of hydrogen-bond donors (Lipinski definition) is 1. The molecule has 1 unspecified atom stereocenters. The summed E-state index contributed by atoms with van der Waals surface area (Å²) in [7, 11) is 0. The molecule has 5 nitrogen and oxygen atoms in total. The van der Waals surface area contributed by atoms with Crippen LogP contribution in [-0.4, -0.2) is 29.8 Å². The lowest BCUT2D eigenvalue weighted by molar-refractivity contribution is -0.149. The van der Waals surface area contributed by atoms with Crippen molar-refractivity contribution in [2.24, 2.45) is 5.92 Å². The Labute approximate surface area is 159 Å². The van der Waals surface area contributed by atoms with Crippen molar-refractivity contribution in [1.82, 2.24) is 5.32 Å². The number of ether oxygens (including phenoxy) is 1. The molecule has 142 valence electrons. The standard InChI is InChI=1S/C22H25NO4/c1-14(2)19(23-21(25)18-12-8-9-15(3)13-18)22(26)27-16(4)20(24)17-10-6-5-7-11-17/h5-14,16,19H,1-4H3,(H,23,25)/t16?,19-/m0/s1. The second-order valence-corrected chi connectivity index (χ2v) is 6.87. The van der Waals surface area contributed by atoms with E-state index in [0.29, 0.717) is 11.1 Å². The molecule has 0 radical (unpaired) electrons. The van der Waals surface area contributed by atoms with E-state index in [1.807, 2.05) is 32.9 Å². The van der Waals surface area contributed by atoms with Crippen molar-refractivity contribution in [1.29, 1.82) is 0 Å². The number of Topliss-reactive ketones (excluding diaryl/α,β-unsaturated/α-hetero) is 1. The minimum Gasteiger partial charge on any atom is -0.453 e. The molecule has 2 aromatic carbocycles. The van der Waals surface area contributed by atoms with Crippen LogP contribution >= 0.6 is 0 Å². The predicted octanol–water partition coefficient (Wildman–Crippen LogP) is 3.56. The van der Waals surface area contributed by atoms with Crippen molar-refractivity contribution in [2.45, 2.75) is 39.8 Å². The molecule has 0 saturated carbocycles. The monoisotopic (exact) mass is 367 g/mol. The summed E-state index contributed by atoms with van der Waals surface area (Å²) in [6.45, 7) is 7.05. The zero-order chi connectivity index (χ0) is 20.0. The Morgan fingerprint density at radius 2 is 1.52 bits per heavy atom. The summed E-state index contributed by atoms with van der Waals surface area (Å²) in [5, 5.41) is 2.72. The second-order valence-electron chi connectivity index (χ2n) is 6.87. The number of ketones is 1. The topological polar surface area (TPSA) is 72.5 Å². The fourth-order valence-corrected chi connectivity index (χ4v) is 2.65. The fourth-order valence-electron chi connectivity index (χ4n) is 2.65. The highest BCUT2D eigenvalue weighted by molar-refractivity contribution is 6.01. The van der Waals surface area contributed by atoms with Gasteiger partial charge in [0, 0.05) is 11.1 Å². The van der Waals surface area contributed by atoms with Gasteiger partial charge >= 0.3 is 5.97 Å². The Morgan fingerprint density at radius 1 is 0.889 bits per heavy atom. The number of nitrogens with one attached hydrogen (secondary N) is 1. The van der Waals surface area contributed by atoms with Crippen LogP contribution in [0.5, 0.6) is 0 Å². The van der Waals surface area contributed by atoms with Gasteiger partial charge in [-0.1, -0.05) is 61.9 Å². The third-order valence-electron chi connectivity index (χ3n) is 4.21. The third kappa shape index (κ3) is 5.51. The minimum absolute atomic E-state index is 0.190. The highest BCUT2D eigenvalue weighted by Crippen LogP contribution is 2.12. The molecule has 2 aromatic rings. The summed E-state index contributed by atoms with van der Waals surface area (Å²) in [5.41, 5.74) is 1.90. The number of carbonyl (C=O) groups is 3. The molecule has 0 bridgehead atoms. The first-order valence-electron chi connectivity index (χ1n) is 8.97. The zero-order valence-electron chi connectivity index (χ0n) is 16.1. The van der Waals surface area contributed by atoms with Crippen molar-refractivity contribution >= 4 is 17.7 Å². The van der Waals surface area contributed by atoms with E-state index in [-0.39, 0.29) is 17.6 Å². The largest absolute Gasteiger partial charge is 0.453 e. The number of amides is 1. The Morgan fingerprint density at radius 3 is 2.11 bits per heavy atom. The summed E-state index contributed by atoms with van der Waals surface area (Å²) >= 11 is 0. The van der Waals surface area contributed by atoms with Crippen molar-refractivity contribution in [3.63, 3.8) is 0 Å². The molecular weight excluding hydrogens is 342 g/mol. The van der Waals surface area contributed by atoms with Crippen molar-refractivity contribution < 1.29 is 19.1 Å². The lowest BCUT2D eigenvalue weighted by atomic mass is 10.0. The number of rotatable bonds is 7. The lowest BCUT2D eigenvalue weighted by Gasteiger charge is -2.23. The lowest BCUT2D eigenvalue weighted by Crippen LogP contribution is -2.46. The van der Waals surface area contributed by atoms with Crippen LogP contribution < -0.4 is 5.32 Å². The van der Waals surface area contributed by atoms with E-state index in [9.17, 15) is 14.4 Å². The van der Waals surface area contributed by atoms with E-state index in [1.54, 1.807) is 42.5 Å². The quantitative estimate of drug-likeness (QED) is 0.600. The molecule has 0 aliphatic carbocycles. The zero-order valence-corrected chi connectivity index (χ0v) is 16.1. The van der Waals surface area contributed by atoms with E-state index in [4.69, 9.17) is 4.74 Å². The maximum absolute atomic E-state index is 12.6. The number of carbonyl (C=O) groups excluding carboxylic acids is 3. The van der Waals surface area contributed by atoms with Gasteiger partial charge in [0.1, 0.15) is 6.04 Å². The van der Waals surface area contributed by atoms with Crippen molar-refractivity contribution in [3.05, 3.63) is 71.3 Å². The van der Waals surface area contributed by atoms with Gasteiger partial charge in [-0.05, 0) is 31.9 Å². The van der Waals surface area contributed by atoms with Gasteiger partial charge in [-0.15, -0.1) is 0 Å². The number of aryl methyl sites for hydroxylation is 1. The molecule has 2 atom stereocenters.